The van der Waals surface area contributed by atoms with Gasteiger partial charge in [-0.25, -0.2) is 21.2 Å². The van der Waals surface area contributed by atoms with E-state index in [9.17, 15) is 21.2 Å². The molecule has 26 heavy (non-hydrogen) atoms. The number of sulfone groups is 2. The van der Waals surface area contributed by atoms with Gasteiger partial charge in [0.2, 0.25) is 0 Å². The van der Waals surface area contributed by atoms with Gasteiger partial charge in [-0.05, 0) is 42.8 Å². The number of pyridine rings is 1. The lowest BCUT2D eigenvalue weighted by Gasteiger charge is -2.20. The molecule has 1 aliphatic heterocycles. The van der Waals surface area contributed by atoms with Gasteiger partial charge < -0.3 is 5.32 Å². The van der Waals surface area contributed by atoms with Crippen LogP contribution in [0.4, 0.5) is 4.39 Å². The minimum atomic E-state index is -3.93. The summed E-state index contributed by atoms with van der Waals surface area (Å²) in [6.45, 7) is 1.73. The van der Waals surface area contributed by atoms with E-state index in [1.165, 1.54) is 19.1 Å². The SMILES string of the molecule is Cc1cc(S(=O)(=O)C2CS(=O)(=O)CC2NCc2ccccn2)ccc1F. The maximum Gasteiger partial charge on any atom is 0.183 e. The molecule has 6 nitrogen and oxygen atoms in total. The summed E-state index contributed by atoms with van der Waals surface area (Å²) in [4.78, 5) is 4.07. The van der Waals surface area contributed by atoms with Gasteiger partial charge in [-0.15, -0.1) is 0 Å². The largest absolute Gasteiger partial charge is 0.306 e. The summed E-state index contributed by atoms with van der Waals surface area (Å²) < 4.78 is 63.6. The lowest BCUT2D eigenvalue weighted by molar-refractivity contribution is 0.522. The van der Waals surface area contributed by atoms with E-state index < -0.39 is 42.5 Å². The number of hydrogen-bond donors (Lipinski definition) is 1. The molecule has 1 aromatic carbocycles. The quantitative estimate of drug-likeness (QED) is 0.762. The van der Waals surface area contributed by atoms with Crippen LogP contribution in [-0.4, -0.2) is 44.6 Å². The van der Waals surface area contributed by atoms with Crippen LogP contribution in [0.2, 0.25) is 0 Å². The van der Waals surface area contributed by atoms with Gasteiger partial charge in [0.1, 0.15) is 5.82 Å². The fourth-order valence-corrected chi connectivity index (χ4v) is 7.82. The second-order valence-electron chi connectivity index (χ2n) is 6.38. The van der Waals surface area contributed by atoms with Crippen molar-refractivity contribution in [2.24, 2.45) is 0 Å². The molecular weight excluding hydrogens is 379 g/mol. The molecule has 0 spiro atoms. The number of aromatic nitrogens is 1. The normalized spacial score (nSPS) is 22.4. The van der Waals surface area contributed by atoms with Gasteiger partial charge in [-0.2, -0.15) is 0 Å². The Morgan fingerprint density at radius 1 is 1.23 bits per heavy atom. The summed E-state index contributed by atoms with van der Waals surface area (Å²) in [6.07, 6.45) is 1.61. The molecule has 2 atom stereocenters. The average molecular weight is 398 g/mol. The van der Waals surface area contributed by atoms with Gasteiger partial charge in [0.05, 0.1) is 27.3 Å². The first-order valence-corrected chi connectivity index (χ1v) is 11.4. The molecule has 1 saturated heterocycles. The highest BCUT2D eigenvalue weighted by atomic mass is 32.2. The van der Waals surface area contributed by atoms with Gasteiger partial charge in [0.25, 0.3) is 0 Å². The average Bonchev–Trinajstić information content (AvgIpc) is 2.92. The molecule has 140 valence electrons. The van der Waals surface area contributed by atoms with Crippen molar-refractivity contribution in [3.63, 3.8) is 0 Å². The number of benzene rings is 1. The monoisotopic (exact) mass is 398 g/mol. The highest BCUT2D eigenvalue weighted by Crippen LogP contribution is 2.27. The van der Waals surface area contributed by atoms with E-state index >= 15 is 0 Å². The maximum atomic E-state index is 13.5. The van der Waals surface area contributed by atoms with E-state index in [1.807, 2.05) is 0 Å². The van der Waals surface area contributed by atoms with Crippen LogP contribution in [0.3, 0.4) is 0 Å². The van der Waals surface area contributed by atoms with E-state index in [1.54, 1.807) is 24.4 Å². The topological polar surface area (TPSA) is 93.2 Å². The Morgan fingerprint density at radius 2 is 2.00 bits per heavy atom. The third-order valence-electron chi connectivity index (χ3n) is 4.43. The van der Waals surface area contributed by atoms with Crippen molar-refractivity contribution >= 4 is 19.7 Å². The molecule has 3 rings (SSSR count). The summed E-state index contributed by atoms with van der Waals surface area (Å²) in [5.41, 5.74) is 0.885. The van der Waals surface area contributed by atoms with Crippen LogP contribution in [0, 0.1) is 12.7 Å². The van der Waals surface area contributed by atoms with Gasteiger partial charge in [-0.3, -0.25) is 4.98 Å². The summed E-state index contributed by atoms with van der Waals surface area (Å²) >= 11 is 0. The highest BCUT2D eigenvalue weighted by molar-refractivity contribution is 7.96. The Hall–Kier alpha value is -1.84. The molecule has 9 heteroatoms. The van der Waals surface area contributed by atoms with E-state index in [2.05, 4.69) is 10.3 Å². The molecule has 1 N–H and O–H groups in total. The standard InChI is InChI=1S/C17H19FN2O4S2/c1-12-8-14(5-6-15(12)18)26(23,24)17-11-25(21,22)10-16(17)20-9-13-4-2-3-7-19-13/h2-8,16-17,20H,9-11H2,1H3. The Kier molecular flexibility index (Phi) is 5.14. The fourth-order valence-electron chi connectivity index (χ4n) is 3.02. The number of halogens is 1. The Labute approximate surface area is 152 Å². The molecule has 2 unspecified atom stereocenters. The van der Waals surface area contributed by atoms with Crippen LogP contribution < -0.4 is 5.32 Å². The fraction of sp³-hybridized carbons (Fsp3) is 0.353. The Bertz CT molecular complexity index is 1010. The highest BCUT2D eigenvalue weighted by Gasteiger charge is 2.45. The van der Waals surface area contributed by atoms with Crippen molar-refractivity contribution in [2.75, 3.05) is 11.5 Å². The number of nitrogens with zero attached hydrogens (tertiary/aromatic N) is 1. The summed E-state index contributed by atoms with van der Waals surface area (Å²) in [7, 11) is -7.43. The van der Waals surface area contributed by atoms with Crippen molar-refractivity contribution in [1.82, 2.24) is 10.3 Å². The third kappa shape index (κ3) is 3.94. The number of aryl methyl sites for hydroxylation is 1. The molecule has 1 fully saturated rings. The Balaban J connectivity index is 1.88. The summed E-state index contributed by atoms with van der Waals surface area (Å²) in [6, 6.07) is 8.07. The number of hydrogen-bond acceptors (Lipinski definition) is 6. The summed E-state index contributed by atoms with van der Waals surface area (Å²) in [5.74, 6) is -1.22. The molecule has 1 aliphatic rings. The van der Waals surface area contributed by atoms with Crippen LogP contribution in [0.5, 0.6) is 0 Å². The van der Waals surface area contributed by atoms with Crippen molar-refractivity contribution in [2.45, 2.75) is 29.7 Å². The molecule has 0 amide bonds. The minimum absolute atomic E-state index is 0.0665. The van der Waals surface area contributed by atoms with Crippen molar-refractivity contribution in [1.29, 1.82) is 0 Å². The zero-order chi connectivity index (χ0) is 18.9. The lowest BCUT2D eigenvalue weighted by atomic mass is 10.2. The van der Waals surface area contributed by atoms with Crippen LogP contribution >= 0.6 is 0 Å². The molecule has 0 aliphatic carbocycles. The molecule has 0 bridgehead atoms. The lowest BCUT2D eigenvalue weighted by Crippen LogP contribution is -2.43. The third-order valence-corrected chi connectivity index (χ3v) is 8.58. The minimum Gasteiger partial charge on any atom is -0.306 e. The van der Waals surface area contributed by atoms with Crippen molar-refractivity contribution < 1.29 is 21.2 Å². The smallest absolute Gasteiger partial charge is 0.183 e. The molecule has 0 radical (unpaired) electrons. The first-order chi connectivity index (χ1) is 12.2. The molecule has 2 heterocycles. The summed E-state index contributed by atoms with van der Waals surface area (Å²) in [5, 5.41) is 1.89. The van der Waals surface area contributed by atoms with E-state index in [-0.39, 0.29) is 22.8 Å². The van der Waals surface area contributed by atoms with Crippen LogP contribution in [0.1, 0.15) is 11.3 Å². The first-order valence-electron chi connectivity index (χ1n) is 8.03. The first kappa shape index (κ1) is 18.9. The zero-order valence-corrected chi connectivity index (χ0v) is 15.7. The van der Waals surface area contributed by atoms with Gasteiger partial charge in [-0.1, -0.05) is 6.07 Å². The second-order valence-corrected chi connectivity index (χ2v) is 10.7. The van der Waals surface area contributed by atoms with Gasteiger partial charge in [0.15, 0.2) is 19.7 Å². The van der Waals surface area contributed by atoms with E-state index in [0.29, 0.717) is 5.69 Å². The number of rotatable bonds is 5. The van der Waals surface area contributed by atoms with E-state index in [4.69, 9.17) is 0 Å². The van der Waals surface area contributed by atoms with Gasteiger partial charge in [0, 0.05) is 18.8 Å². The van der Waals surface area contributed by atoms with Crippen molar-refractivity contribution in [3.05, 3.63) is 59.7 Å². The molecule has 0 saturated carbocycles. The predicted molar refractivity (Wildman–Crippen MR) is 95.6 cm³/mol. The van der Waals surface area contributed by atoms with Crippen molar-refractivity contribution in [3.8, 4) is 0 Å². The predicted octanol–water partition coefficient (Wildman–Crippen LogP) is 1.26. The number of nitrogens with one attached hydrogen (secondary N) is 1. The second kappa shape index (κ2) is 7.05. The van der Waals surface area contributed by atoms with Gasteiger partial charge >= 0.3 is 0 Å². The van der Waals surface area contributed by atoms with Crippen LogP contribution in [-0.2, 0) is 26.2 Å². The molecule has 2 aromatic rings. The zero-order valence-electron chi connectivity index (χ0n) is 14.1. The Morgan fingerprint density at radius 3 is 2.65 bits per heavy atom. The van der Waals surface area contributed by atoms with E-state index in [0.717, 1.165) is 6.07 Å². The van der Waals surface area contributed by atoms with Crippen LogP contribution in [0.25, 0.3) is 0 Å². The maximum absolute atomic E-state index is 13.5. The molecule has 1 aromatic heterocycles. The van der Waals surface area contributed by atoms with Crippen LogP contribution in [0.15, 0.2) is 47.5 Å². The molecular formula is C17H19FN2O4S2.